The van der Waals surface area contributed by atoms with Crippen LogP contribution in [0.2, 0.25) is 5.02 Å². The lowest BCUT2D eigenvalue weighted by Gasteiger charge is -2.26. The molecule has 0 atom stereocenters. The van der Waals surface area contributed by atoms with E-state index < -0.39 is 31.5 Å². The van der Waals surface area contributed by atoms with Crippen molar-refractivity contribution in [2.75, 3.05) is 24.6 Å². The molecule has 2 N–H and O–H groups in total. The summed E-state index contributed by atoms with van der Waals surface area (Å²) in [6.07, 6.45) is 0. The molecule has 9 heteroatoms. The third-order valence-electron chi connectivity index (χ3n) is 3.05. The molecule has 1 fully saturated rings. The van der Waals surface area contributed by atoms with Gasteiger partial charge in [0.05, 0.1) is 0 Å². The van der Waals surface area contributed by atoms with E-state index in [1.165, 1.54) is 6.07 Å². The highest BCUT2D eigenvalue weighted by atomic mass is 35.5. The Labute approximate surface area is 124 Å². The maximum Gasteiger partial charge on any atom is 0.246 e. The Morgan fingerprint density at radius 1 is 1.35 bits per heavy atom. The Morgan fingerprint density at radius 3 is 2.50 bits per heavy atom. The van der Waals surface area contributed by atoms with Crippen molar-refractivity contribution in [1.29, 1.82) is 0 Å². The van der Waals surface area contributed by atoms with Crippen LogP contribution in [0, 0.1) is 5.82 Å². The van der Waals surface area contributed by atoms with Crippen LogP contribution in [0.5, 0.6) is 0 Å². The highest BCUT2D eigenvalue weighted by Crippen LogP contribution is 2.26. The molecular weight excluding hydrogens is 327 g/mol. The van der Waals surface area contributed by atoms with Gasteiger partial charge in [-0.2, -0.15) is 4.31 Å². The molecule has 1 aliphatic heterocycles. The van der Waals surface area contributed by atoms with Gasteiger partial charge in [-0.25, -0.2) is 12.8 Å². The molecule has 1 aromatic carbocycles. The van der Waals surface area contributed by atoms with Crippen LogP contribution in [0.15, 0.2) is 17.0 Å². The molecule has 0 radical (unpaired) electrons. The first kappa shape index (κ1) is 15.8. The molecule has 0 unspecified atom stereocenters. The summed E-state index contributed by atoms with van der Waals surface area (Å²) >= 11 is 5.82. The molecule has 0 saturated carbocycles. The third kappa shape index (κ3) is 3.04. The maximum atomic E-state index is 14.2. The van der Waals surface area contributed by atoms with Gasteiger partial charge in [-0.15, -0.1) is 0 Å². The van der Waals surface area contributed by atoms with Crippen LogP contribution in [-0.4, -0.2) is 41.5 Å². The lowest BCUT2D eigenvalue weighted by atomic mass is 10.2. The zero-order valence-corrected chi connectivity index (χ0v) is 12.9. The van der Waals surface area contributed by atoms with Gasteiger partial charge in [-0.3, -0.25) is 4.21 Å². The van der Waals surface area contributed by atoms with Crippen LogP contribution in [0.4, 0.5) is 4.39 Å². The zero-order valence-electron chi connectivity index (χ0n) is 10.5. The number of nitrogens with two attached hydrogens (primary N) is 1. The fourth-order valence-electron chi connectivity index (χ4n) is 1.96. The van der Waals surface area contributed by atoms with E-state index in [0.29, 0.717) is 0 Å². The van der Waals surface area contributed by atoms with Gasteiger partial charge in [0, 0.05) is 52.5 Å². The number of benzene rings is 1. The molecule has 1 heterocycles. The van der Waals surface area contributed by atoms with E-state index in [0.717, 1.165) is 10.4 Å². The molecule has 1 aromatic rings. The molecule has 112 valence electrons. The third-order valence-corrected chi connectivity index (χ3v) is 6.45. The van der Waals surface area contributed by atoms with Crippen LogP contribution in [-0.2, 0) is 27.4 Å². The first-order chi connectivity index (χ1) is 9.36. The summed E-state index contributed by atoms with van der Waals surface area (Å²) in [4.78, 5) is -0.474. The van der Waals surface area contributed by atoms with Crippen LogP contribution in [0.25, 0.3) is 0 Å². The fraction of sp³-hybridized carbons (Fsp3) is 0.455. The predicted molar refractivity (Wildman–Crippen MR) is 75.9 cm³/mol. The van der Waals surface area contributed by atoms with Gasteiger partial charge >= 0.3 is 0 Å². The number of nitrogens with zero attached hydrogens (tertiary/aromatic N) is 1. The average molecular weight is 341 g/mol. The number of hydrogen-bond donors (Lipinski definition) is 1. The molecular formula is C11H14ClFN2O3S2. The summed E-state index contributed by atoms with van der Waals surface area (Å²) in [5.41, 5.74) is 5.43. The van der Waals surface area contributed by atoms with Crippen molar-refractivity contribution in [2.24, 2.45) is 5.73 Å². The van der Waals surface area contributed by atoms with Crippen LogP contribution in [0.1, 0.15) is 5.56 Å². The standard InChI is InChI=1S/C11H14ClFN2O3S2/c12-9-5-8(7-14)11(13)10(6-9)20(17,18)15-1-3-19(16)4-2-15/h5-6H,1-4,7,14H2. The Morgan fingerprint density at radius 2 is 1.95 bits per heavy atom. The normalized spacial score (nSPS) is 18.4. The lowest BCUT2D eigenvalue weighted by molar-refractivity contribution is 0.433. The number of halogens is 2. The topological polar surface area (TPSA) is 80.5 Å². The van der Waals surface area contributed by atoms with Crippen molar-refractivity contribution in [3.05, 3.63) is 28.5 Å². The lowest BCUT2D eigenvalue weighted by Crippen LogP contribution is -2.42. The minimum absolute atomic E-state index is 0.0525. The molecule has 0 amide bonds. The van der Waals surface area contributed by atoms with E-state index in [2.05, 4.69) is 0 Å². The molecule has 0 aromatic heterocycles. The molecule has 1 aliphatic rings. The van der Waals surface area contributed by atoms with Crippen LogP contribution < -0.4 is 5.73 Å². The summed E-state index contributed by atoms with van der Waals surface area (Å²) in [6, 6.07) is 2.39. The minimum Gasteiger partial charge on any atom is -0.326 e. The van der Waals surface area contributed by atoms with E-state index in [9.17, 15) is 17.0 Å². The van der Waals surface area contributed by atoms with E-state index in [1.807, 2.05) is 0 Å². The predicted octanol–water partition coefficient (Wildman–Crippen LogP) is 0.691. The SMILES string of the molecule is NCc1cc(Cl)cc(S(=O)(=O)N2CCS(=O)CC2)c1F. The first-order valence-electron chi connectivity index (χ1n) is 5.89. The van der Waals surface area contributed by atoms with Crippen molar-refractivity contribution in [1.82, 2.24) is 4.31 Å². The van der Waals surface area contributed by atoms with Gasteiger partial charge < -0.3 is 5.73 Å². The largest absolute Gasteiger partial charge is 0.326 e. The Hall–Kier alpha value is -0.540. The van der Waals surface area contributed by atoms with Gasteiger partial charge in [-0.1, -0.05) is 11.6 Å². The van der Waals surface area contributed by atoms with E-state index in [4.69, 9.17) is 17.3 Å². The Bertz CT molecular complexity index is 641. The van der Waals surface area contributed by atoms with E-state index >= 15 is 0 Å². The Kier molecular flexibility index (Phi) is 4.80. The monoisotopic (exact) mass is 340 g/mol. The molecule has 0 aliphatic carbocycles. The van der Waals surface area contributed by atoms with Gasteiger partial charge in [0.1, 0.15) is 10.7 Å². The molecule has 0 bridgehead atoms. The number of hydrogen-bond acceptors (Lipinski definition) is 4. The summed E-state index contributed by atoms with van der Waals surface area (Å²) in [5.74, 6) is -0.361. The number of rotatable bonds is 3. The molecule has 20 heavy (non-hydrogen) atoms. The second-order valence-corrected chi connectivity index (χ2v) is 8.37. The average Bonchev–Trinajstić information content (AvgIpc) is 2.41. The number of sulfonamides is 1. The van der Waals surface area contributed by atoms with Crippen LogP contribution in [0.3, 0.4) is 0 Å². The highest BCUT2D eigenvalue weighted by Gasteiger charge is 2.31. The van der Waals surface area contributed by atoms with Crippen molar-refractivity contribution in [3.8, 4) is 0 Å². The van der Waals surface area contributed by atoms with Crippen molar-refractivity contribution in [3.63, 3.8) is 0 Å². The summed E-state index contributed by atoms with van der Waals surface area (Å²) < 4.78 is 51.4. The smallest absolute Gasteiger partial charge is 0.246 e. The second-order valence-electron chi connectivity index (χ2n) is 4.33. The van der Waals surface area contributed by atoms with Crippen molar-refractivity contribution in [2.45, 2.75) is 11.4 Å². The molecule has 0 spiro atoms. The van der Waals surface area contributed by atoms with E-state index in [1.54, 1.807) is 0 Å². The Balaban J connectivity index is 2.44. The van der Waals surface area contributed by atoms with Gasteiger partial charge in [0.15, 0.2) is 0 Å². The zero-order chi connectivity index (χ0) is 14.9. The van der Waals surface area contributed by atoms with Crippen molar-refractivity contribution >= 4 is 32.4 Å². The summed E-state index contributed by atoms with van der Waals surface area (Å²) in [6.45, 7) is 0.0800. The van der Waals surface area contributed by atoms with Gasteiger partial charge in [0.25, 0.3) is 0 Å². The second kappa shape index (κ2) is 6.07. The molecule has 2 rings (SSSR count). The van der Waals surface area contributed by atoms with Gasteiger partial charge in [0.2, 0.25) is 10.0 Å². The van der Waals surface area contributed by atoms with Gasteiger partial charge in [-0.05, 0) is 12.1 Å². The highest BCUT2D eigenvalue weighted by molar-refractivity contribution is 7.89. The first-order valence-corrected chi connectivity index (χ1v) is 9.20. The quantitative estimate of drug-likeness (QED) is 0.878. The summed E-state index contributed by atoms with van der Waals surface area (Å²) in [7, 11) is -5.00. The fourth-order valence-corrected chi connectivity index (χ4v) is 5.12. The van der Waals surface area contributed by atoms with E-state index in [-0.39, 0.29) is 41.7 Å². The molecule has 1 saturated heterocycles. The maximum absolute atomic E-state index is 14.2. The summed E-state index contributed by atoms with van der Waals surface area (Å²) in [5, 5.41) is 0.117. The molecule has 5 nitrogen and oxygen atoms in total. The minimum atomic E-state index is -3.99. The van der Waals surface area contributed by atoms with Crippen LogP contribution >= 0.6 is 11.6 Å². The van der Waals surface area contributed by atoms with Crippen molar-refractivity contribution < 1.29 is 17.0 Å².